The first-order valence-electron chi connectivity index (χ1n) is 24.8. The number of rotatable bonds is 16. The van der Waals surface area contributed by atoms with Crippen molar-refractivity contribution in [3.8, 4) is 0 Å². The van der Waals surface area contributed by atoms with Crippen molar-refractivity contribution >= 4 is 40.1 Å². The minimum absolute atomic E-state index is 0.0536. The van der Waals surface area contributed by atoms with Crippen molar-refractivity contribution in [2.24, 2.45) is 35.1 Å². The molecule has 400 valence electrons. The van der Waals surface area contributed by atoms with Gasteiger partial charge in [-0.15, -0.1) is 0 Å². The predicted molar refractivity (Wildman–Crippen MR) is 283 cm³/mol. The van der Waals surface area contributed by atoms with E-state index in [1.54, 1.807) is 60.7 Å². The molecule has 4 aromatic carbocycles. The fourth-order valence-electron chi connectivity index (χ4n) is 8.14. The van der Waals surface area contributed by atoms with Crippen molar-refractivity contribution in [3.05, 3.63) is 119 Å². The van der Waals surface area contributed by atoms with Crippen LogP contribution in [0.2, 0.25) is 0 Å². The molecule has 0 amide bonds. The Kier molecular flexibility index (Phi) is 20.8. The Bertz CT molecular complexity index is 2470. The summed E-state index contributed by atoms with van der Waals surface area (Å²) in [6, 6.07) is 28.6. The van der Waals surface area contributed by atoms with Crippen molar-refractivity contribution in [1.29, 1.82) is 0 Å². The molecule has 4 aromatic rings. The van der Waals surface area contributed by atoms with Gasteiger partial charge in [0.05, 0.1) is 19.6 Å². The topological polar surface area (TPSA) is 242 Å². The fourth-order valence-corrected chi connectivity index (χ4v) is 14.7. The van der Waals surface area contributed by atoms with Gasteiger partial charge in [-0.1, -0.05) is 104 Å². The van der Waals surface area contributed by atoms with Gasteiger partial charge in [-0.25, -0.2) is 33.7 Å². The molecule has 8 rings (SSSR count). The predicted octanol–water partition coefficient (Wildman–Crippen LogP) is 5.62. The minimum atomic E-state index is -3.38. The zero-order valence-electron chi connectivity index (χ0n) is 43.1. The van der Waals surface area contributed by atoms with E-state index in [4.69, 9.17) is 21.7 Å². The molecule has 0 saturated carbocycles. The SMILES string of the molecule is CC(C)c1cccc(S(=O)(=O)N2CC(CN)C2)c1.CC(C)c1cccc(S(=O)(=O)N2CC(CN)C2)c1.CC(C)c1cccc(S(=O)(=O)N2CC(CO)C2)c1.CC(C)c1cccc(S(=O)(=O)N2CC(CO)C2)c1. The average molecular weight is 1080 g/mol. The molecule has 4 heterocycles. The van der Waals surface area contributed by atoms with Gasteiger partial charge in [0.25, 0.3) is 0 Å². The van der Waals surface area contributed by atoms with E-state index in [9.17, 15) is 33.7 Å². The molecule has 16 nitrogen and oxygen atoms in total. The minimum Gasteiger partial charge on any atom is -0.396 e. The van der Waals surface area contributed by atoms with E-state index in [0.29, 0.717) is 121 Å². The molecule has 0 spiro atoms. The third kappa shape index (κ3) is 14.4. The maximum atomic E-state index is 12.3. The summed E-state index contributed by atoms with van der Waals surface area (Å²) in [5, 5.41) is 17.9. The normalized spacial score (nSPS) is 18.0. The van der Waals surface area contributed by atoms with Gasteiger partial charge in [-0.3, -0.25) is 0 Å². The third-order valence-electron chi connectivity index (χ3n) is 13.5. The molecule has 0 bridgehead atoms. The highest BCUT2D eigenvalue weighted by Gasteiger charge is 2.39. The molecule has 4 aliphatic heterocycles. The molecule has 0 unspecified atom stereocenters. The van der Waals surface area contributed by atoms with Crippen LogP contribution in [0.4, 0.5) is 0 Å². The summed E-state index contributed by atoms with van der Waals surface area (Å²) in [5.41, 5.74) is 15.2. The summed E-state index contributed by atoms with van der Waals surface area (Å²) >= 11 is 0. The number of aliphatic hydroxyl groups is 2. The van der Waals surface area contributed by atoms with Crippen molar-refractivity contribution in [3.63, 3.8) is 0 Å². The largest absolute Gasteiger partial charge is 0.396 e. The van der Waals surface area contributed by atoms with Crippen LogP contribution in [-0.2, 0) is 40.1 Å². The highest BCUT2D eigenvalue weighted by Crippen LogP contribution is 2.31. The van der Waals surface area contributed by atoms with E-state index in [1.165, 1.54) is 17.2 Å². The molecule has 72 heavy (non-hydrogen) atoms. The standard InChI is InChI=1S/2C13H20N2O2S.2C13H19NO3S/c2*1-10(2)12-4-3-5-13(6-12)18(16,17)15-8-11(7-14)9-15;2*1-10(2)12-4-3-5-13(6-12)18(16,17)14-7-11(8-14)9-15/h2*3-6,10-11H,7-9,14H2,1-2H3;2*3-6,10-11,15H,7-9H2,1-2H3. The lowest BCUT2D eigenvalue weighted by Crippen LogP contribution is -2.52. The van der Waals surface area contributed by atoms with E-state index < -0.39 is 40.1 Å². The van der Waals surface area contributed by atoms with Crippen LogP contribution in [0, 0.1) is 23.7 Å². The van der Waals surface area contributed by atoms with E-state index in [0.717, 1.165) is 22.3 Å². The molecular weight excluding hydrogens is 997 g/mol. The van der Waals surface area contributed by atoms with Gasteiger partial charge >= 0.3 is 0 Å². The summed E-state index contributed by atoms with van der Waals surface area (Å²) in [5.74, 6) is 2.08. The molecule has 4 saturated heterocycles. The maximum absolute atomic E-state index is 12.3. The Hall–Kier alpha value is -3.64. The highest BCUT2D eigenvalue weighted by molar-refractivity contribution is 7.90. The van der Waals surface area contributed by atoms with Crippen molar-refractivity contribution in [1.82, 2.24) is 17.2 Å². The second-order valence-electron chi connectivity index (χ2n) is 20.5. The van der Waals surface area contributed by atoms with E-state index in [1.807, 2.05) is 64.1 Å². The van der Waals surface area contributed by atoms with Crippen LogP contribution in [0.3, 0.4) is 0 Å². The maximum Gasteiger partial charge on any atom is 0.243 e. The second kappa shape index (κ2) is 25.3. The number of hydrogen-bond acceptors (Lipinski definition) is 12. The zero-order valence-corrected chi connectivity index (χ0v) is 46.3. The number of aliphatic hydroxyl groups excluding tert-OH is 2. The smallest absolute Gasteiger partial charge is 0.243 e. The Morgan fingerprint density at radius 2 is 0.583 bits per heavy atom. The molecular formula is C52H78N6O10S4. The summed E-state index contributed by atoms with van der Waals surface area (Å²) in [7, 11) is -13.4. The summed E-state index contributed by atoms with van der Waals surface area (Å²) in [4.78, 5) is 1.49. The Labute approximate surface area is 430 Å². The number of hydrogen-bond donors (Lipinski definition) is 4. The first kappa shape index (κ1) is 59.2. The zero-order chi connectivity index (χ0) is 53.3. The van der Waals surface area contributed by atoms with Gasteiger partial charge in [0, 0.05) is 77.4 Å². The van der Waals surface area contributed by atoms with Crippen molar-refractivity contribution in [2.75, 3.05) is 78.7 Å². The van der Waals surface area contributed by atoms with Gasteiger partial charge in [0.15, 0.2) is 0 Å². The van der Waals surface area contributed by atoms with E-state index >= 15 is 0 Å². The first-order chi connectivity index (χ1) is 33.8. The lowest BCUT2D eigenvalue weighted by Gasteiger charge is -2.37. The number of nitrogens with zero attached hydrogens (tertiary/aromatic N) is 4. The number of sulfonamides is 4. The van der Waals surface area contributed by atoms with Crippen LogP contribution in [0.15, 0.2) is 117 Å². The molecule has 4 fully saturated rings. The van der Waals surface area contributed by atoms with Crippen LogP contribution in [-0.4, -0.2) is 140 Å². The number of nitrogens with two attached hydrogens (primary N) is 2. The van der Waals surface area contributed by atoms with Gasteiger partial charge in [0.2, 0.25) is 40.1 Å². The quantitative estimate of drug-likeness (QED) is 0.107. The first-order valence-corrected chi connectivity index (χ1v) is 30.6. The molecule has 0 aliphatic carbocycles. The third-order valence-corrected chi connectivity index (χ3v) is 20.8. The molecule has 20 heteroatoms. The molecule has 0 radical (unpaired) electrons. The Morgan fingerprint density at radius 3 is 0.750 bits per heavy atom. The monoisotopic (exact) mass is 1070 g/mol. The van der Waals surface area contributed by atoms with Crippen LogP contribution in [0.25, 0.3) is 0 Å². The fraction of sp³-hybridized carbons (Fsp3) is 0.538. The summed E-state index contributed by atoms with van der Waals surface area (Å²) in [6.07, 6.45) is 0. The molecule has 0 atom stereocenters. The van der Waals surface area contributed by atoms with Gasteiger partial charge in [0.1, 0.15) is 0 Å². The summed E-state index contributed by atoms with van der Waals surface area (Å²) < 4.78 is 104. The Balaban J connectivity index is 0.000000178. The van der Waals surface area contributed by atoms with Gasteiger partial charge in [-0.2, -0.15) is 17.2 Å². The average Bonchev–Trinajstić information content (AvgIpc) is 3.28. The molecule has 0 aromatic heterocycles. The van der Waals surface area contributed by atoms with Crippen LogP contribution >= 0.6 is 0 Å². The Morgan fingerprint density at radius 1 is 0.389 bits per heavy atom. The van der Waals surface area contributed by atoms with Crippen molar-refractivity contribution < 1.29 is 43.9 Å². The second-order valence-corrected chi connectivity index (χ2v) is 28.2. The van der Waals surface area contributed by atoms with Gasteiger partial charge in [-0.05, 0) is 119 Å². The van der Waals surface area contributed by atoms with Crippen molar-refractivity contribution in [2.45, 2.75) is 98.6 Å². The van der Waals surface area contributed by atoms with Crippen LogP contribution < -0.4 is 11.5 Å². The van der Waals surface area contributed by atoms with Gasteiger partial charge < -0.3 is 21.7 Å². The van der Waals surface area contributed by atoms with Crippen LogP contribution in [0.1, 0.15) is 101 Å². The highest BCUT2D eigenvalue weighted by atomic mass is 32.2. The van der Waals surface area contributed by atoms with E-state index in [-0.39, 0.29) is 25.0 Å². The van der Waals surface area contributed by atoms with Crippen LogP contribution in [0.5, 0.6) is 0 Å². The summed E-state index contributed by atoms with van der Waals surface area (Å²) in [6.45, 7) is 21.5. The van der Waals surface area contributed by atoms with E-state index in [2.05, 4.69) is 27.7 Å². The lowest BCUT2D eigenvalue weighted by atomic mass is 10.0. The number of benzene rings is 4. The lowest BCUT2D eigenvalue weighted by molar-refractivity contribution is 0.117. The molecule has 6 N–H and O–H groups in total. The molecule has 4 aliphatic rings.